The summed E-state index contributed by atoms with van der Waals surface area (Å²) >= 11 is 18.2. The number of hydrogen-bond donors (Lipinski definition) is 1. The minimum absolute atomic E-state index is 0.142. The Morgan fingerprint density at radius 1 is 1.05 bits per heavy atom. The number of unbranched alkanes of at least 4 members (excludes halogenated alkanes) is 1. The third-order valence-corrected chi connectivity index (χ3v) is 4.31. The second-order valence-corrected chi connectivity index (χ2v) is 6.23. The Hall–Kier alpha value is 0.01000. The molecule has 5 heteroatoms. The van der Waals surface area contributed by atoms with Gasteiger partial charge in [-0.25, -0.2) is 0 Å². The standard InChI is InChI=1S/C15H22Cl3NO/c1-10(2)20-9-5-4-8-19-11(3)12-6-7-13(16)15(18)14(12)17/h6-7,10-11,19H,4-5,8-9H2,1-3H3. The van der Waals surface area contributed by atoms with Crippen LogP contribution in [-0.4, -0.2) is 19.3 Å². The van der Waals surface area contributed by atoms with E-state index in [0.29, 0.717) is 21.2 Å². The Morgan fingerprint density at radius 2 is 1.75 bits per heavy atom. The van der Waals surface area contributed by atoms with Crippen molar-refractivity contribution in [3.8, 4) is 0 Å². The molecular formula is C15H22Cl3NO. The van der Waals surface area contributed by atoms with Crippen molar-refractivity contribution < 1.29 is 4.74 Å². The van der Waals surface area contributed by atoms with Gasteiger partial charge in [0.15, 0.2) is 0 Å². The fourth-order valence-corrected chi connectivity index (χ4v) is 2.56. The minimum atomic E-state index is 0.142. The average molecular weight is 339 g/mol. The first-order valence-corrected chi connectivity index (χ1v) is 8.05. The molecule has 0 fully saturated rings. The smallest absolute Gasteiger partial charge is 0.0781 e. The van der Waals surface area contributed by atoms with Crippen molar-refractivity contribution in [3.63, 3.8) is 0 Å². The van der Waals surface area contributed by atoms with Crippen LogP contribution in [0, 0.1) is 0 Å². The predicted octanol–water partition coefficient (Wildman–Crippen LogP) is 5.50. The van der Waals surface area contributed by atoms with Crippen molar-refractivity contribution in [1.82, 2.24) is 5.32 Å². The molecule has 1 aromatic carbocycles. The highest BCUT2D eigenvalue weighted by Gasteiger charge is 2.13. The van der Waals surface area contributed by atoms with Gasteiger partial charge < -0.3 is 10.1 Å². The maximum absolute atomic E-state index is 6.21. The summed E-state index contributed by atoms with van der Waals surface area (Å²) in [4.78, 5) is 0. The topological polar surface area (TPSA) is 21.3 Å². The van der Waals surface area contributed by atoms with Crippen molar-refractivity contribution in [3.05, 3.63) is 32.8 Å². The van der Waals surface area contributed by atoms with E-state index in [1.165, 1.54) is 0 Å². The van der Waals surface area contributed by atoms with E-state index in [4.69, 9.17) is 39.5 Å². The van der Waals surface area contributed by atoms with E-state index < -0.39 is 0 Å². The molecule has 0 heterocycles. The fourth-order valence-electron chi connectivity index (χ4n) is 1.85. The summed E-state index contributed by atoms with van der Waals surface area (Å²) in [6.07, 6.45) is 2.42. The van der Waals surface area contributed by atoms with Gasteiger partial charge in [-0.15, -0.1) is 0 Å². The first-order valence-electron chi connectivity index (χ1n) is 6.91. The number of rotatable bonds is 8. The van der Waals surface area contributed by atoms with E-state index in [9.17, 15) is 0 Å². The van der Waals surface area contributed by atoms with Gasteiger partial charge in [0.2, 0.25) is 0 Å². The fraction of sp³-hybridized carbons (Fsp3) is 0.600. The molecule has 0 saturated carbocycles. The zero-order valence-corrected chi connectivity index (χ0v) is 14.4. The summed E-state index contributed by atoms with van der Waals surface area (Å²) < 4.78 is 5.50. The second kappa shape index (κ2) is 9.11. The lowest BCUT2D eigenvalue weighted by molar-refractivity contribution is 0.0759. The molecule has 0 aromatic heterocycles. The molecule has 1 N–H and O–H groups in total. The molecule has 0 bridgehead atoms. The highest BCUT2D eigenvalue weighted by molar-refractivity contribution is 6.48. The number of ether oxygens (including phenoxy) is 1. The molecule has 0 aliphatic rings. The lowest BCUT2D eigenvalue weighted by Gasteiger charge is -2.17. The van der Waals surface area contributed by atoms with Gasteiger partial charge in [0.05, 0.1) is 21.2 Å². The molecule has 0 aliphatic heterocycles. The summed E-state index contributed by atoms with van der Waals surface area (Å²) in [6, 6.07) is 3.83. The zero-order valence-electron chi connectivity index (χ0n) is 12.2. The summed E-state index contributed by atoms with van der Waals surface area (Å²) in [5.41, 5.74) is 0.972. The Balaban J connectivity index is 2.36. The normalized spacial score (nSPS) is 12.9. The first kappa shape index (κ1) is 18.1. The van der Waals surface area contributed by atoms with Crippen LogP contribution in [0.2, 0.25) is 15.1 Å². The van der Waals surface area contributed by atoms with E-state index in [0.717, 1.165) is 31.6 Å². The summed E-state index contributed by atoms with van der Waals surface area (Å²) in [6.45, 7) is 7.88. The molecule has 0 saturated heterocycles. The Bertz CT molecular complexity index is 424. The van der Waals surface area contributed by atoms with Gasteiger partial charge in [0, 0.05) is 12.6 Å². The summed E-state index contributed by atoms with van der Waals surface area (Å²) in [7, 11) is 0. The molecule has 1 aromatic rings. The third-order valence-electron chi connectivity index (χ3n) is 3.00. The lowest BCUT2D eigenvalue weighted by atomic mass is 10.1. The van der Waals surface area contributed by atoms with Crippen molar-refractivity contribution >= 4 is 34.8 Å². The SMILES string of the molecule is CC(C)OCCCCNC(C)c1ccc(Cl)c(Cl)c1Cl. The van der Waals surface area contributed by atoms with Crippen LogP contribution in [0.1, 0.15) is 45.2 Å². The van der Waals surface area contributed by atoms with Gasteiger partial charge in [-0.2, -0.15) is 0 Å². The molecule has 1 unspecified atom stereocenters. The Labute approximate surface area is 136 Å². The van der Waals surface area contributed by atoms with Crippen LogP contribution in [0.3, 0.4) is 0 Å². The highest BCUT2D eigenvalue weighted by Crippen LogP contribution is 2.35. The number of nitrogens with one attached hydrogen (secondary N) is 1. The van der Waals surface area contributed by atoms with Crippen molar-refractivity contribution in [1.29, 1.82) is 0 Å². The minimum Gasteiger partial charge on any atom is -0.379 e. The van der Waals surface area contributed by atoms with Crippen LogP contribution in [0.4, 0.5) is 0 Å². The van der Waals surface area contributed by atoms with Gasteiger partial charge in [0.1, 0.15) is 0 Å². The third kappa shape index (κ3) is 5.79. The molecule has 0 radical (unpaired) electrons. The number of benzene rings is 1. The van der Waals surface area contributed by atoms with E-state index >= 15 is 0 Å². The quantitative estimate of drug-likeness (QED) is 0.499. The molecule has 0 amide bonds. The van der Waals surface area contributed by atoms with Gasteiger partial charge in [-0.05, 0) is 51.8 Å². The maximum atomic E-state index is 6.21. The van der Waals surface area contributed by atoms with E-state index in [2.05, 4.69) is 12.2 Å². The van der Waals surface area contributed by atoms with Crippen LogP contribution in [0.15, 0.2) is 12.1 Å². The van der Waals surface area contributed by atoms with Crippen molar-refractivity contribution in [2.45, 2.75) is 45.8 Å². The molecule has 2 nitrogen and oxygen atoms in total. The van der Waals surface area contributed by atoms with Gasteiger partial charge in [-0.3, -0.25) is 0 Å². The largest absolute Gasteiger partial charge is 0.379 e. The summed E-state index contributed by atoms with van der Waals surface area (Å²) in [5, 5.41) is 4.87. The van der Waals surface area contributed by atoms with Crippen LogP contribution < -0.4 is 5.32 Å². The van der Waals surface area contributed by atoms with Crippen LogP contribution in [-0.2, 0) is 4.74 Å². The van der Waals surface area contributed by atoms with Crippen LogP contribution >= 0.6 is 34.8 Å². The molecule has 1 atom stereocenters. The molecular weight excluding hydrogens is 317 g/mol. The maximum Gasteiger partial charge on any atom is 0.0781 e. The van der Waals surface area contributed by atoms with Crippen LogP contribution in [0.5, 0.6) is 0 Å². The molecule has 114 valence electrons. The van der Waals surface area contributed by atoms with E-state index in [1.54, 1.807) is 6.07 Å². The molecule has 0 aliphatic carbocycles. The highest BCUT2D eigenvalue weighted by atomic mass is 35.5. The monoisotopic (exact) mass is 337 g/mol. The lowest BCUT2D eigenvalue weighted by Crippen LogP contribution is -2.20. The van der Waals surface area contributed by atoms with E-state index in [-0.39, 0.29) is 6.04 Å². The van der Waals surface area contributed by atoms with Crippen molar-refractivity contribution in [2.24, 2.45) is 0 Å². The Kier molecular flexibility index (Phi) is 8.23. The zero-order chi connectivity index (χ0) is 15.1. The van der Waals surface area contributed by atoms with Crippen molar-refractivity contribution in [2.75, 3.05) is 13.2 Å². The summed E-state index contributed by atoms with van der Waals surface area (Å²) in [5.74, 6) is 0. The first-order chi connectivity index (χ1) is 9.43. The average Bonchev–Trinajstić information content (AvgIpc) is 2.39. The number of halogens is 3. The predicted molar refractivity (Wildman–Crippen MR) is 88.2 cm³/mol. The van der Waals surface area contributed by atoms with Gasteiger partial charge >= 0.3 is 0 Å². The second-order valence-electron chi connectivity index (χ2n) is 5.07. The molecule has 1 rings (SSSR count). The van der Waals surface area contributed by atoms with Crippen LogP contribution in [0.25, 0.3) is 0 Å². The Morgan fingerprint density at radius 3 is 2.40 bits per heavy atom. The van der Waals surface area contributed by atoms with E-state index in [1.807, 2.05) is 19.9 Å². The van der Waals surface area contributed by atoms with Gasteiger partial charge in [-0.1, -0.05) is 40.9 Å². The molecule has 0 spiro atoms. The molecule has 20 heavy (non-hydrogen) atoms. The van der Waals surface area contributed by atoms with Gasteiger partial charge in [0.25, 0.3) is 0 Å². The number of hydrogen-bond acceptors (Lipinski definition) is 2.